The molecule has 1 aromatic rings. The Bertz CT molecular complexity index is 967. The number of fused-ring (bicyclic) bond motifs is 1. The lowest BCUT2D eigenvalue weighted by molar-refractivity contribution is -0.216. The third-order valence-electron chi connectivity index (χ3n) is 9.49. The molecule has 1 saturated heterocycles. The average molecular weight is 479 g/mol. The minimum atomic E-state index is -0.543. The Balaban J connectivity index is 1.53. The van der Waals surface area contributed by atoms with Gasteiger partial charge in [-0.2, -0.15) is 0 Å². The van der Waals surface area contributed by atoms with Gasteiger partial charge in [-0.3, -0.25) is 0 Å². The van der Waals surface area contributed by atoms with Gasteiger partial charge in [-0.25, -0.2) is 0 Å². The van der Waals surface area contributed by atoms with Crippen LogP contribution in [0.25, 0.3) is 0 Å². The molecule has 0 amide bonds. The van der Waals surface area contributed by atoms with Crippen molar-refractivity contribution in [1.29, 1.82) is 0 Å². The maximum absolute atomic E-state index is 10.8. The Labute approximate surface area is 200 Å². The summed E-state index contributed by atoms with van der Waals surface area (Å²) in [6, 6.07) is 4.34. The van der Waals surface area contributed by atoms with Gasteiger partial charge < -0.3 is 24.4 Å². The van der Waals surface area contributed by atoms with E-state index in [1.54, 1.807) is 0 Å². The normalized spacial score (nSPS) is 40.6. The molecule has 6 atom stereocenters. The van der Waals surface area contributed by atoms with Crippen molar-refractivity contribution < 1.29 is 14.6 Å². The number of nitrogens with zero attached hydrogens (tertiary/aromatic N) is 2. The molecule has 2 fully saturated rings. The van der Waals surface area contributed by atoms with Crippen LogP contribution in [0.1, 0.15) is 24.0 Å². The second-order valence-electron chi connectivity index (χ2n) is 10.4. The quantitative estimate of drug-likeness (QED) is 0.480. The highest BCUT2D eigenvalue weighted by atomic mass is 35.5. The van der Waals surface area contributed by atoms with E-state index in [0.717, 1.165) is 45.4 Å². The molecule has 1 N–H and O–H groups in total. The first-order chi connectivity index (χ1) is 15.5. The molecule has 7 rings (SSSR count). The van der Waals surface area contributed by atoms with Crippen LogP contribution in [0.15, 0.2) is 24.3 Å². The van der Waals surface area contributed by atoms with E-state index in [2.05, 4.69) is 35.1 Å². The topological polar surface area (TPSA) is 45.2 Å². The average Bonchev–Trinajstić information content (AvgIpc) is 3.16. The minimum absolute atomic E-state index is 0.0325. The van der Waals surface area contributed by atoms with Gasteiger partial charge in [0.15, 0.2) is 11.5 Å². The molecule has 6 aliphatic rings. The smallest absolute Gasteiger partial charge is 0.165 e. The van der Waals surface area contributed by atoms with Gasteiger partial charge in [0.25, 0.3) is 0 Å². The standard InChI is InChI=1S/C25H32Cl2N2O3/c1-28-10-7-24-20-16-3-4-18(30)21(20)32-22(24)25(31-2)6-5-23(24,19(28)13-16)14-17(25)15-29(11-8-26)12-9-27/h3-6,17,19,22,30H,7-15H2,1-2H3/t17-,19-,22-,23?,24+,25+/m1/s1. The van der Waals surface area contributed by atoms with E-state index in [1.165, 1.54) is 11.1 Å². The summed E-state index contributed by atoms with van der Waals surface area (Å²) in [4.78, 5) is 4.93. The van der Waals surface area contributed by atoms with Crippen LogP contribution in [0.4, 0.5) is 0 Å². The summed E-state index contributed by atoms with van der Waals surface area (Å²) in [6.45, 7) is 3.53. The van der Waals surface area contributed by atoms with Gasteiger partial charge in [0.2, 0.25) is 0 Å². The molecule has 1 saturated carbocycles. The Kier molecular flexibility index (Phi) is 4.89. The fourth-order valence-electron chi connectivity index (χ4n) is 8.25. The highest BCUT2D eigenvalue weighted by Gasteiger charge is 2.78. The second kappa shape index (κ2) is 7.26. The molecular formula is C25H32Cl2N2O3. The number of phenols is 1. The Morgan fingerprint density at radius 3 is 2.75 bits per heavy atom. The van der Waals surface area contributed by atoms with E-state index in [1.807, 2.05) is 13.2 Å². The van der Waals surface area contributed by atoms with E-state index < -0.39 is 5.60 Å². The number of rotatable bonds is 7. The summed E-state index contributed by atoms with van der Waals surface area (Å²) in [5.74, 6) is 2.39. The van der Waals surface area contributed by atoms with Crippen LogP contribution in [0, 0.1) is 11.3 Å². The van der Waals surface area contributed by atoms with Crippen LogP contribution in [0.2, 0.25) is 0 Å². The fraction of sp³-hybridized carbons (Fsp3) is 0.680. The highest BCUT2D eigenvalue weighted by Crippen LogP contribution is 2.74. The van der Waals surface area contributed by atoms with Crippen LogP contribution in [0.3, 0.4) is 0 Å². The number of hydrogen-bond donors (Lipinski definition) is 1. The molecule has 2 spiro atoms. The lowest BCUT2D eigenvalue weighted by atomic mass is 9.37. The number of halogens is 2. The molecular weight excluding hydrogens is 447 g/mol. The lowest BCUT2D eigenvalue weighted by Gasteiger charge is -2.71. The first-order valence-corrected chi connectivity index (χ1v) is 12.9. The molecule has 4 bridgehead atoms. The zero-order chi connectivity index (χ0) is 22.3. The van der Waals surface area contributed by atoms with Crippen LogP contribution in [-0.2, 0) is 16.6 Å². The monoisotopic (exact) mass is 478 g/mol. The SMILES string of the molecule is CO[C@@]12C=CC3(C[C@@H]1CN(CCCl)CCCl)[C@H]1Cc4ccc(O)c5c4[C@@]3(CCN1C)[C@H]2O5. The van der Waals surface area contributed by atoms with E-state index in [-0.39, 0.29) is 28.6 Å². The van der Waals surface area contributed by atoms with Crippen molar-refractivity contribution >= 4 is 23.2 Å². The molecule has 5 nitrogen and oxygen atoms in total. The van der Waals surface area contributed by atoms with Gasteiger partial charge in [-0.15, -0.1) is 23.2 Å². The number of likely N-dealkylation sites (N-methyl/N-ethyl adjacent to an activating group) is 1. The van der Waals surface area contributed by atoms with Gasteiger partial charge in [0, 0.05) is 61.4 Å². The lowest BCUT2D eigenvalue weighted by Crippen LogP contribution is -2.79. The number of piperidine rings is 1. The van der Waals surface area contributed by atoms with Crippen LogP contribution in [0.5, 0.6) is 11.5 Å². The number of alkyl halides is 2. The molecule has 2 aliphatic heterocycles. The number of benzene rings is 1. The molecule has 1 unspecified atom stereocenters. The van der Waals surface area contributed by atoms with Crippen molar-refractivity contribution in [1.82, 2.24) is 9.80 Å². The molecule has 0 aromatic heterocycles. The summed E-state index contributed by atoms with van der Waals surface area (Å²) in [5, 5.41) is 10.8. The number of phenolic OH excluding ortho intramolecular Hbond substituents is 1. The van der Waals surface area contributed by atoms with Crippen LogP contribution in [-0.4, -0.2) is 84.7 Å². The number of hydrogen-bond acceptors (Lipinski definition) is 5. The van der Waals surface area contributed by atoms with Gasteiger partial charge in [0.05, 0.1) is 5.41 Å². The van der Waals surface area contributed by atoms with E-state index in [9.17, 15) is 5.11 Å². The molecule has 2 heterocycles. The van der Waals surface area contributed by atoms with E-state index >= 15 is 0 Å². The van der Waals surface area contributed by atoms with Crippen molar-refractivity contribution in [2.45, 2.75) is 42.4 Å². The van der Waals surface area contributed by atoms with Crippen molar-refractivity contribution in [2.75, 3.05) is 52.1 Å². The van der Waals surface area contributed by atoms with Gasteiger partial charge in [0.1, 0.15) is 11.7 Å². The van der Waals surface area contributed by atoms with E-state index in [4.69, 9.17) is 32.7 Å². The first kappa shape index (κ1) is 21.5. The molecule has 174 valence electrons. The van der Waals surface area contributed by atoms with Gasteiger partial charge >= 0.3 is 0 Å². The first-order valence-electron chi connectivity index (χ1n) is 11.8. The summed E-state index contributed by atoms with van der Waals surface area (Å²) in [5.41, 5.74) is 1.86. The number of likely N-dealkylation sites (tertiary alicyclic amines) is 1. The summed E-state index contributed by atoms with van der Waals surface area (Å²) >= 11 is 12.3. The summed E-state index contributed by atoms with van der Waals surface area (Å²) < 4.78 is 13.2. The number of methoxy groups -OCH3 is 1. The molecule has 4 aliphatic carbocycles. The predicted molar refractivity (Wildman–Crippen MR) is 126 cm³/mol. The minimum Gasteiger partial charge on any atom is -0.504 e. The van der Waals surface area contributed by atoms with Crippen LogP contribution < -0.4 is 4.74 Å². The van der Waals surface area contributed by atoms with Crippen molar-refractivity contribution in [3.05, 3.63) is 35.4 Å². The zero-order valence-electron chi connectivity index (χ0n) is 18.8. The Hall–Kier alpha value is -0.980. The molecule has 0 radical (unpaired) electrons. The predicted octanol–water partition coefficient (Wildman–Crippen LogP) is 3.39. The second-order valence-corrected chi connectivity index (χ2v) is 11.1. The van der Waals surface area contributed by atoms with E-state index in [0.29, 0.717) is 23.6 Å². The van der Waals surface area contributed by atoms with Crippen molar-refractivity contribution in [2.24, 2.45) is 11.3 Å². The Morgan fingerprint density at radius 2 is 2.03 bits per heavy atom. The Morgan fingerprint density at radius 1 is 1.25 bits per heavy atom. The van der Waals surface area contributed by atoms with Crippen molar-refractivity contribution in [3.8, 4) is 11.5 Å². The zero-order valence-corrected chi connectivity index (χ0v) is 20.3. The maximum Gasteiger partial charge on any atom is 0.165 e. The van der Waals surface area contributed by atoms with Gasteiger partial charge in [-0.1, -0.05) is 18.2 Å². The number of aromatic hydroxyl groups is 1. The molecule has 7 heteroatoms. The third kappa shape index (κ3) is 2.37. The summed E-state index contributed by atoms with van der Waals surface area (Å²) in [6.07, 6.45) is 7.69. The highest BCUT2D eigenvalue weighted by molar-refractivity contribution is 6.18. The van der Waals surface area contributed by atoms with Crippen molar-refractivity contribution in [3.63, 3.8) is 0 Å². The van der Waals surface area contributed by atoms with Crippen LogP contribution >= 0.6 is 23.2 Å². The maximum atomic E-state index is 10.8. The third-order valence-corrected chi connectivity index (χ3v) is 9.83. The molecule has 32 heavy (non-hydrogen) atoms. The fourth-order valence-corrected chi connectivity index (χ4v) is 8.73. The number of ether oxygens (including phenoxy) is 2. The molecule has 1 aromatic carbocycles. The largest absolute Gasteiger partial charge is 0.504 e. The summed E-state index contributed by atoms with van der Waals surface area (Å²) in [7, 11) is 4.09. The van der Waals surface area contributed by atoms with Gasteiger partial charge in [-0.05, 0) is 44.5 Å².